The molecule has 0 bridgehead atoms. The third-order valence-electron chi connectivity index (χ3n) is 3.14. The average molecular weight is 336 g/mol. The van der Waals surface area contributed by atoms with Gasteiger partial charge in [-0.2, -0.15) is 8.42 Å². The van der Waals surface area contributed by atoms with E-state index in [1.165, 1.54) is 0 Å². The van der Waals surface area contributed by atoms with Crippen molar-refractivity contribution in [3.63, 3.8) is 0 Å². The number of carbonyl (C=O) groups excluding carboxylic acids is 2. The van der Waals surface area contributed by atoms with Crippen LogP contribution in [-0.4, -0.2) is 29.1 Å². The maximum absolute atomic E-state index is 12.3. The van der Waals surface area contributed by atoms with Crippen LogP contribution in [0.4, 0.5) is 11.4 Å². The molecule has 0 amide bonds. The predicted molar refractivity (Wildman–Crippen MR) is 82.8 cm³/mol. The molecular formula is C14H12N2O6S. The van der Waals surface area contributed by atoms with Gasteiger partial charge >= 0.3 is 10.4 Å². The van der Waals surface area contributed by atoms with E-state index in [2.05, 4.69) is 0 Å². The van der Waals surface area contributed by atoms with Gasteiger partial charge in [0.05, 0.1) is 11.1 Å². The maximum Gasteiger partial charge on any atom is 0.394 e. The highest BCUT2D eigenvalue weighted by Gasteiger charge is 2.32. The lowest BCUT2D eigenvalue weighted by Crippen LogP contribution is -2.23. The van der Waals surface area contributed by atoms with Crippen LogP contribution in [0.15, 0.2) is 36.4 Å². The van der Waals surface area contributed by atoms with Crippen LogP contribution in [0.2, 0.25) is 0 Å². The van der Waals surface area contributed by atoms with Gasteiger partial charge < -0.3 is 11.5 Å². The number of ketones is 2. The van der Waals surface area contributed by atoms with E-state index in [0.29, 0.717) is 22.5 Å². The summed E-state index contributed by atoms with van der Waals surface area (Å²) in [6.45, 7) is 0. The Morgan fingerprint density at radius 3 is 1.35 bits per heavy atom. The van der Waals surface area contributed by atoms with Crippen LogP contribution in [0.3, 0.4) is 0 Å². The van der Waals surface area contributed by atoms with Crippen molar-refractivity contribution < 1.29 is 27.1 Å². The van der Waals surface area contributed by atoms with Crippen molar-refractivity contribution in [2.45, 2.75) is 0 Å². The van der Waals surface area contributed by atoms with Gasteiger partial charge in [-0.05, 0) is 12.1 Å². The van der Waals surface area contributed by atoms with Crippen molar-refractivity contribution in [2.24, 2.45) is 0 Å². The van der Waals surface area contributed by atoms with Crippen LogP contribution in [0.1, 0.15) is 31.8 Å². The molecule has 0 saturated carbocycles. The van der Waals surface area contributed by atoms with E-state index in [4.69, 9.17) is 29.0 Å². The lowest BCUT2D eigenvalue weighted by atomic mass is 9.82. The Labute approximate surface area is 131 Å². The minimum Gasteiger partial charge on any atom is -0.398 e. The molecule has 1 aliphatic carbocycles. The first kappa shape index (κ1) is 16.6. The Morgan fingerprint density at radius 1 is 0.739 bits per heavy atom. The molecule has 0 radical (unpaired) electrons. The molecule has 0 unspecified atom stereocenters. The van der Waals surface area contributed by atoms with Gasteiger partial charge in [-0.1, -0.05) is 24.3 Å². The smallest absolute Gasteiger partial charge is 0.394 e. The Kier molecular flexibility index (Phi) is 4.19. The Hall–Kier alpha value is -2.75. The monoisotopic (exact) mass is 336 g/mol. The molecule has 23 heavy (non-hydrogen) atoms. The number of fused-ring (bicyclic) bond motifs is 2. The molecule has 8 nitrogen and oxygen atoms in total. The van der Waals surface area contributed by atoms with Crippen LogP contribution in [0.25, 0.3) is 0 Å². The van der Waals surface area contributed by atoms with Gasteiger partial charge in [-0.25, -0.2) is 0 Å². The maximum atomic E-state index is 12.3. The fourth-order valence-electron chi connectivity index (χ4n) is 2.29. The third-order valence-corrected chi connectivity index (χ3v) is 3.14. The van der Waals surface area contributed by atoms with Crippen molar-refractivity contribution >= 4 is 33.3 Å². The molecule has 2 aromatic rings. The van der Waals surface area contributed by atoms with E-state index in [9.17, 15) is 9.59 Å². The van der Waals surface area contributed by atoms with Gasteiger partial charge in [0.2, 0.25) is 0 Å². The number of rotatable bonds is 0. The number of hydrogen-bond acceptors (Lipinski definition) is 6. The van der Waals surface area contributed by atoms with E-state index in [0.717, 1.165) is 0 Å². The lowest BCUT2D eigenvalue weighted by molar-refractivity contribution is 0.0980. The van der Waals surface area contributed by atoms with Crippen molar-refractivity contribution in [1.82, 2.24) is 0 Å². The van der Waals surface area contributed by atoms with Gasteiger partial charge in [0.1, 0.15) is 0 Å². The second-order valence-corrected chi connectivity index (χ2v) is 5.54. The molecule has 9 heteroatoms. The molecule has 0 aromatic heterocycles. The molecule has 1 aliphatic rings. The highest BCUT2D eigenvalue weighted by Crippen LogP contribution is 2.33. The van der Waals surface area contributed by atoms with Gasteiger partial charge in [0, 0.05) is 22.5 Å². The minimum absolute atomic E-state index is 0.245. The number of anilines is 2. The Balaban J connectivity index is 0.000000338. The summed E-state index contributed by atoms with van der Waals surface area (Å²) < 4.78 is 31.6. The minimum atomic E-state index is -4.67. The quantitative estimate of drug-likeness (QED) is 0.349. The van der Waals surface area contributed by atoms with E-state index < -0.39 is 10.4 Å². The fraction of sp³-hybridized carbons (Fsp3) is 0. The SMILES string of the molecule is Nc1cccc2c1C(=O)c1cccc(N)c1C2=O.O=S(=O)(O)O. The molecule has 0 atom stereocenters. The van der Waals surface area contributed by atoms with Crippen LogP contribution in [-0.2, 0) is 10.4 Å². The first-order chi connectivity index (χ1) is 10.6. The molecule has 0 saturated heterocycles. The summed E-state index contributed by atoms with van der Waals surface area (Å²) in [6.07, 6.45) is 0. The normalized spacial score (nSPS) is 12.8. The van der Waals surface area contributed by atoms with Crippen LogP contribution in [0.5, 0.6) is 0 Å². The fourth-order valence-corrected chi connectivity index (χ4v) is 2.29. The summed E-state index contributed by atoms with van der Waals surface area (Å²) in [6, 6.07) is 9.73. The van der Waals surface area contributed by atoms with Crippen LogP contribution >= 0.6 is 0 Å². The molecule has 0 spiro atoms. The molecule has 6 N–H and O–H groups in total. The number of carbonyl (C=O) groups is 2. The summed E-state index contributed by atoms with van der Waals surface area (Å²) in [5.74, 6) is -0.491. The molecule has 120 valence electrons. The second kappa shape index (κ2) is 5.80. The van der Waals surface area contributed by atoms with E-state index >= 15 is 0 Å². The summed E-state index contributed by atoms with van der Waals surface area (Å²) in [7, 11) is -4.67. The summed E-state index contributed by atoms with van der Waals surface area (Å²) >= 11 is 0. The van der Waals surface area contributed by atoms with Gasteiger partial charge in [0.15, 0.2) is 11.6 Å². The summed E-state index contributed by atoms with van der Waals surface area (Å²) in [5.41, 5.74) is 13.4. The lowest BCUT2D eigenvalue weighted by Gasteiger charge is -2.19. The zero-order valence-corrected chi connectivity index (χ0v) is 12.4. The van der Waals surface area contributed by atoms with Crippen molar-refractivity contribution in [1.29, 1.82) is 0 Å². The number of nitrogen functional groups attached to an aromatic ring is 2. The van der Waals surface area contributed by atoms with Gasteiger partial charge in [0.25, 0.3) is 0 Å². The molecule has 2 aromatic carbocycles. The third kappa shape index (κ3) is 3.37. The summed E-state index contributed by atoms with van der Waals surface area (Å²) in [5, 5.41) is 0. The largest absolute Gasteiger partial charge is 0.398 e. The molecule has 0 fully saturated rings. The number of nitrogens with two attached hydrogens (primary N) is 2. The molecule has 3 rings (SSSR count). The van der Waals surface area contributed by atoms with E-state index in [1.807, 2.05) is 0 Å². The predicted octanol–water partition coefficient (Wildman–Crippen LogP) is 0.974. The van der Waals surface area contributed by atoms with Crippen molar-refractivity contribution in [2.75, 3.05) is 11.5 Å². The van der Waals surface area contributed by atoms with E-state index in [1.54, 1.807) is 36.4 Å². The Bertz CT molecular complexity index is 851. The number of hydrogen-bond donors (Lipinski definition) is 4. The first-order valence-corrected chi connectivity index (χ1v) is 7.57. The van der Waals surface area contributed by atoms with Gasteiger partial charge in [-0.3, -0.25) is 18.7 Å². The van der Waals surface area contributed by atoms with Crippen LogP contribution < -0.4 is 11.5 Å². The van der Waals surface area contributed by atoms with Crippen LogP contribution in [0, 0.1) is 0 Å². The molecule has 0 aliphatic heterocycles. The van der Waals surface area contributed by atoms with Crippen molar-refractivity contribution in [3.8, 4) is 0 Å². The standard InChI is InChI=1S/C14H10N2O2.H2O4S/c15-9-5-1-3-7-11(9)14(18)8-4-2-6-10(16)12(8)13(7)17;1-5(2,3)4/h1-6H,15-16H2;(H2,1,2,3,4). The van der Waals surface area contributed by atoms with E-state index in [-0.39, 0.29) is 22.7 Å². The highest BCUT2D eigenvalue weighted by atomic mass is 32.3. The Morgan fingerprint density at radius 2 is 1.04 bits per heavy atom. The number of benzene rings is 2. The second-order valence-electron chi connectivity index (χ2n) is 4.65. The molecular weight excluding hydrogens is 324 g/mol. The zero-order chi connectivity index (χ0) is 17.4. The first-order valence-electron chi connectivity index (χ1n) is 6.17. The molecule has 0 heterocycles. The topological polar surface area (TPSA) is 161 Å². The van der Waals surface area contributed by atoms with Gasteiger partial charge in [-0.15, -0.1) is 0 Å². The van der Waals surface area contributed by atoms with Crippen molar-refractivity contribution in [3.05, 3.63) is 58.7 Å². The summed E-state index contributed by atoms with van der Waals surface area (Å²) in [4.78, 5) is 24.7. The zero-order valence-electron chi connectivity index (χ0n) is 11.6. The highest BCUT2D eigenvalue weighted by molar-refractivity contribution is 7.79. The average Bonchev–Trinajstić information content (AvgIpc) is 2.42.